The summed E-state index contributed by atoms with van der Waals surface area (Å²) in [5, 5.41) is 3.07. The van der Waals surface area contributed by atoms with Gasteiger partial charge in [-0.15, -0.1) is 0 Å². The minimum absolute atomic E-state index is 0.0331. The molecule has 0 saturated carbocycles. The Labute approximate surface area is 131 Å². The van der Waals surface area contributed by atoms with Crippen LogP contribution in [0.1, 0.15) is 25.0 Å². The standard InChI is InChI=1S/C16H15F3N4/c17-16(18,19)13-10-14(21-11-6-2-1-3-7-11)23-15(22-13)12-8-4-5-9-20-12/h1-2,4-5,8-11H,3,6-7H2,(H,21,22,23). The molecule has 2 aromatic heterocycles. The van der Waals surface area contributed by atoms with E-state index in [2.05, 4.69) is 26.3 Å². The molecule has 4 nitrogen and oxygen atoms in total. The van der Waals surface area contributed by atoms with Gasteiger partial charge in [-0.1, -0.05) is 18.2 Å². The summed E-state index contributed by atoms with van der Waals surface area (Å²) in [5.74, 6) is 0.141. The van der Waals surface area contributed by atoms with Crippen LogP contribution in [-0.4, -0.2) is 21.0 Å². The third-order valence-electron chi connectivity index (χ3n) is 3.53. The molecule has 0 radical (unpaired) electrons. The highest BCUT2D eigenvalue weighted by molar-refractivity contribution is 5.53. The summed E-state index contributed by atoms with van der Waals surface area (Å²) in [6.45, 7) is 0. The van der Waals surface area contributed by atoms with E-state index < -0.39 is 11.9 Å². The molecule has 2 heterocycles. The van der Waals surface area contributed by atoms with Gasteiger partial charge in [-0.25, -0.2) is 9.97 Å². The highest BCUT2D eigenvalue weighted by Crippen LogP contribution is 2.31. The Bertz CT molecular complexity index is 698. The lowest BCUT2D eigenvalue weighted by Gasteiger charge is -2.20. The second-order valence-corrected chi connectivity index (χ2v) is 5.30. The van der Waals surface area contributed by atoms with Crippen molar-refractivity contribution >= 4 is 5.82 Å². The molecule has 0 aromatic carbocycles. The van der Waals surface area contributed by atoms with E-state index in [4.69, 9.17) is 0 Å². The predicted molar refractivity (Wildman–Crippen MR) is 80.7 cm³/mol. The zero-order chi connectivity index (χ0) is 16.3. The van der Waals surface area contributed by atoms with Gasteiger partial charge in [0.15, 0.2) is 11.5 Å². The lowest BCUT2D eigenvalue weighted by atomic mass is 10.0. The van der Waals surface area contributed by atoms with E-state index in [9.17, 15) is 13.2 Å². The van der Waals surface area contributed by atoms with E-state index in [0.717, 1.165) is 25.3 Å². The van der Waals surface area contributed by atoms with E-state index in [0.29, 0.717) is 5.69 Å². The van der Waals surface area contributed by atoms with Crippen molar-refractivity contribution in [1.29, 1.82) is 0 Å². The van der Waals surface area contributed by atoms with Crippen molar-refractivity contribution in [1.82, 2.24) is 15.0 Å². The number of anilines is 1. The number of aromatic nitrogens is 3. The molecular weight excluding hydrogens is 305 g/mol. The lowest BCUT2D eigenvalue weighted by Crippen LogP contribution is -2.22. The van der Waals surface area contributed by atoms with Crippen LogP contribution in [0.2, 0.25) is 0 Å². The average molecular weight is 320 g/mol. The molecule has 0 fully saturated rings. The fourth-order valence-electron chi connectivity index (χ4n) is 2.41. The first-order valence-electron chi connectivity index (χ1n) is 7.31. The minimum Gasteiger partial charge on any atom is -0.367 e. The van der Waals surface area contributed by atoms with Crippen molar-refractivity contribution in [2.45, 2.75) is 31.5 Å². The molecule has 23 heavy (non-hydrogen) atoms. The Morgan fingerprint density at radius 3 is 2.65 bits per heavy atom. The van der Waals surface area contributed by atoms with Gasteiger partial charge in [0, 0.05) is 18.3 Å². The SMILES string of the molecule is FC(F)(F)c1cc(NC2CC=CCC2)nc(-c2ccccn2)n1. The van der Waals surface area contributed by atoms with E-state index >= 15 is 0 Å². The maximum atomic E-state index is 13.1. The van der Waals surface area contributed by atoms with Crippen LogP contribution in [-0.2, 0) is 6.18 Å². The summed E-state index contributed by atoms with van der Waals surface area (Å²) in [5.41, 5.74) is -0.660. The van der Waals surface area contributed by atoms with Gasteiger partial charge in [0.25, 0.3) is 0 Å². The van der Waals surface area contributed by atoms with E-state index in [1.807, 2.05) is 6.08 Å². The molecule has 120 valence electrons. The van der Waals surface area contributed by atoms with E-state index in [1.54, 1.807) is 18.2 Å². The van der Waals surface area contributed by atoms with Gasteiger partial charge >= 0.3 is 6.18 Å². The Morgan fingerprint density at radius 2 is 2.00 bits per heavy atom. The number of pyridine rings is 1. The molecule has 1 unspecified atom stereocenters. The first-order valence-corrected chi connectivity index (χ1v) is 7.31. The first kappa shape index (κ1) is 15.5. The van der Waals surface area contributed by atoms with Gasteiger partial charge in [0.05, 0.1) is 0 Å². The van der Waals surface area contributed by atoms with Gasteiger partial charge < -0.3 is 5.32 Å². The van der Waals surface area contributed by atoms with Gasteiger partial charge in [0.2, 0.25) is 0 Å². The van der Waals surface area contributed by atoms with Gasteiger partial charge in [-0.2, -0.15) is 13.2 Å². The molecule has 0 aliphatic heterocycles. The summed E-state index contributed by atoms with van der Waals surface area (Å²) in [7, 11) is 0. The maximum Gasteiger partial charge on any atom is 0.433 e. The molecule has 7 heteroatoms. The number of halogens is 3. The van der Waals surface area contributed by atoms with Crippen LogP contribution in [0.5, 0.6) is 0 Å². The van der Waals surface area contributed by atoms with Crippen LogP contribution in [0.3, 0.4) is 0 Å². The zero-order valence-electron chi connectivity index (χ0n) is 12.2. The number of nitrogens with zero attached hydrogens (tertiary/aromatic N) is 3. The van der Waals surface area contributed by atoms with E-state index in [1.165, 1.54) is 6.20 Å². The second kappa shape index (κ2) is 6.36. The normalized spacial score (nSPS) is 18.0. The molecule has 1 N–H and O–H groups in total. The molecule has 0 amide bonds. The average Bonchev–Trinajstić information content (AvgIpc) is 2.55. The fourth-order valence-corrected chi connectivity index (χ4v) is 2.41. The largest absolute Gasteiger partial charge is 0.433 e. The third-order valence-corrected chi connectivity index (χ3v) is 3.53. The Kier molecular flexibility index (Phi) is 4.27. The van der Waals surface area contributed by atoms with Crippen molar-refractivity contribution in [3.05, 3.63) is 48.3 Å². The van der Waals surface area contributed by atoms with Crippen molar-refractivity contribution in [2.24, 2.45) is 0 Å². The fraction of sp³-hybridized carbons (Fsp3) is 0.312. The number of rotatable bonds is 3. The summed E-state index contributed by atoms with van der Waals surface area (Å²) in [4.78, 5) is 11.8. The quantitative estimate of drug-likeness (QED) is 0.866. The predicted octanol–water partition coefficient (Wildman–Crippen LogP) is 4.08. The van der Waals surface area contributed by atoms with Gasteiger partial charge in [0.1, 0.15) is 11.5 Å². The van der Waals surface area contributed by atoms with Crippen LogP contribution in [0.25, 0.3) is 11.5 Å². The van der Waals surface area contributed by atoms with Crippen LogP contribution in [0, 0.1) is 0 Å². The van der Waals surface area contributed by atoms with Crippen LogP contribution < -0.4 is 5.32 Å². The van der Waals surface area contributed by atoms with Crippen molar-refractivity contribution in [3.63, 3.8) is 0 Å². The minimum atomic E-state index is -4.53. The smallest absolute Gasteiger partial charge is 0.367 e. The molecule has 1 atom stereocenters. The molecule has 0 bridgehead atoms. The lowest BCUT2D eigenvalue weighted by molar-refractivity contribution is -0.141. The number of allylic oxidation sites excluding steroid dienone is 1. The molecule has 0 saturated heterocycles. The number of nitrogens with one attached hydrogen (secondary N) is 1. The van der Waals surface area contributed by atoms with Crippen molar-refractivity contribution in [3.8, 4) is 11.5 Å². The molecule has 0 spiro atoms. The topological polar surface area (TPSA) is 50.7 Å². The molecule has 1 aliphatic carbocycles. The maximum absolute atomic E-state index is 13.1. The van der Waals surface area contributed by atoms with Crippen molar-refractivity contribution in [2.75, 3.05) is 5.32 Å². The van der Waals surface area contributed by atoms with Crippen molar-refractivity contribution < 1.29 is 13.2 Å². The summed E-state index contributed by atoms with van der Waals surface area (Å²) >= 11 is 0. The molecule has 1 aliphatic rings. The van der Waals surface area contributed by atoms with Gasteiger partial charge in [-0.3, -0.25) is 4.98 Å². The number of hydrogen-bond donors (Lipinski definition) is 1. The first-order chi connectivity index (χ1) is 11.0. The number of hydrogen-bond acceptors (Lipinski definition) is 4. The van der Waals surface area contributed by atoms with E-state index in [-0.39, 0.29) is 17.7 Å². The summed E-state index contributed by atoms with van der Waals surface area (Å²) in [6.07, 6.45) is 3.59. The highest BCUT2D eigenvalue weighted by Gasteiger charge is 2.34. The Morgan fingerprint density at radius 1 is 1.13 bits per heavy atom. The Hall–Kier alpha value is -2.44. The summed E-state index contributed by atoms with van der Waals surface area (Å²) in [6, 6.07) is 5.98. The Balaban J connectivity index is 1.96. The molecule has 2 aromatic rings. The van der Waals surface area contributed by atoms with Crippen LogP contribution >= 0.6 is 0 Å². The number of alkyl halides is 3. The monoisotopic (exact) mass is 320 g/mol. The van der Waals surface area contributed by atoms with Gasteiger partial charge in [-0.05, 0) is 31.4 Å². The second-order valence-electron chi connectivity index (χ2n) is 5.30. The van der Waals surface area contributed by atoms with Crippen LogP contribution in [0.15, 0.2) is 42.6 Å². The molecule has 3 rings (SSSR count). The molecular formula is C16H15F3N4. The zero-order valence-corrected chi connectivity index (χ0v) is 12.2. The van der Waals surface area contributed by atoms with Crippen LogP contribution in [0.4, 0.5) is 19.0 Å². The third kappa shape index (κ3) is 3.85. The summed E-state index contributed by atoms with van der Waals surface area (Å²) < 4.78 is 39.3. The highest BCUT2D eigenvalue weighted by atomic mass is 19.4.